The summed E-state index contributed by atoms with van der Waals surface area (Å²) >= 11 is 0. The first-order chi connectivity index (χ1) is 7.68. The van der Waals surface area contributed by atoms with Gasteiger partial charge in [-0.1, -0.05) is 19.9 Å². The molecule has 0 N–H and O–H groups in total. The summed E-state index contributed by atoms with van der Waals surface area (Å²) in [5.41, 5.74) is 1.38. The molecule has 0 unspecified atom stereocenters. The largest absolute Gasteiger partial charge is 0.299 e. The molecule has 0 radical (unpaired) electrons. The van der Waals surface area contributed by atoms with Crippen LogP contribution in [0.5, 0.6) is 0 Å². The minimum atomic E-state index is 0.580. The number of pyridine rings is 1. The van der Waals surface area contributed by atoms with E-state index >= 15 is 0 Å². The van der Waals surface area contributed by atoms with Gasteiger partial charge in [-0.15, -0.1) is 0 Å². The van der Waals surface area contributed by atoms with Crippen molar-refractivity contribution in [2.45, 2.75) is 32.7 Å². The summed E-state index contributed by atoms with van der Waals surface area (Å²) in [6, 6.07) is 4.84. The lowest BCUT2D eigenvalue weighted by Gasteiger charge is -2.26. The van der Waals surface area contributed by atoms with Crippen LogP contribution in [0.25, 0.3) is 0 Å². The van der Waals surface area contributed by atoms with E-state index in [1.54, 1.807) is 0 Å². The molecular formula is C14H22N2. The Bertz CT molecular complexity index is 321. The zero-order valence-corrected chi connectivity index (χ0v) is 10.6. The summed E-state index contributed by atoms with van der Waals surface area (Å²) in [6.45, 7) is 5.86. The summed E-state index contributed by atoms with van der Waals surface area (Å²) in [5.74, 6) is 1.59. The number of hydrogen-bond donors (Lipinski definition) is 0. The first-order valence-electron chi connectivity index (χ1n) is 6.28. The van der Waals surface area contributed by atoms with Crippen LogP contribution in [0.1, 0.15) is 38.3 Å². The average Bonchev–Trinajstić information content (AvgIpc) is 2.60. The van der Waals surface area contributed by atoms with Crippen molar-refractivity contribution in [3.05, 3.63) is 30.1 Å². The number of hydrogen-bond acceptors (Lipinski definition) is 2. The Balaban J connectivity index is 2.16. The zero-order valence-electron chi connectivity index (χ0n) is 10.6. The Morgan fingerprint density at radius 2 is 2.31 bits per heavy atom. The summed E-state index contributed by atoms with van der Waals surface area (Å²) in [5, 5.41) is 0. The molecule has 1 aromatic heterocycles. The quantitative estimate of drug-likeness (QED) is 0.775. The van der Waals surface area contributed by atoms with E-state index in [-0.39, 0.29) is 0 Å². The topological polar surface area (TPSA) is 16.1 Å². The van der Waals surface area contributed by atoms with Gasteiger partial charge in [-0.05, 0) is 49.9 Å². The second kappa shape index (κ2) is 4.96. The highest BCUT2D eigenvalue weighted by Crippen LogP contribution is 2.39. The Morgan fingerprint density at radius 1 is 1.50 bits per heavy atom. The molecule has 0 aromatic carbocycles. The molecule has 88 valence electrons. The van der Waals surface area contributed by atoms with E-state index in [4.69, 9.17) is 0 Å². The maximum absolute atomic E-state index is 4.25. The molecule has 16 heavy (non-hydrogen) atoms. The third-order valence-electron chi connectivity index (χ3n) is 3.57. The first-order valence-corrected chi connectivity index (χ1v) is 6.28. The normalized spacial score (nSPS) is 26.5. The molecule has 0 saturated carbocycles. The first kappa shape index (κ1) is 11.6. The summed E-state index contributed by atoms with van der Waals surface area (Å²) in [7, 11) is 2.23. The Kier molecular flexibility index (Phi) is 3.59. The Hall–Kier alpha value is -0.890. The van der Waals surface area contributed by atoms with Crippen LogP contribution in [0.2, 0.25) is 0 Å². The molecule has 0 aliphatic carbocycles. The lowest BCUT2D eigenvalue weighted by molar-refractivity contribution is 0.255. The van der Waals surface area contributed by atoms with Crippen LogP contribution in [0, 0.1) is 11.8 Å². The molecule has 1 saturated heterocycles. The molecule has 2 heterocycles. The summed E-state index contributed by atoms with van der Waals surface area (Å²) < 4.78 is 0. The molecule has 2 heteroatoms. The number of likely N-dealkylation sites (tertiary alicyclic amines) is 1. The van der Waals surface area contributed by atoms with Crippen LogP contribution < -0.4 is 0 Å². The minimum absolute atomic E-state index is 0.580. The van der Waals surface area contributed by atoms with Crippen molar-refractivity contribution < 1.29 is 0 Å². The molecule has 2 atom stereocenters. The highest BCUT2D eigenvalue weighted by Gasteiger charge is 2.33. The van der Waals surface area contributed by atoms with Crippen molar-refractivity contribution in [3.8, 4) is 0 Å². The van der Waals surface area contributed by atoms with E-state index in [0.29, 0.717) is 6.04 Å². The van der Waals surface area contributed by atoms with Crippen molar-refractivity contribution in [2.75, 3.05) is 13.6 Å². The van der Waals surface area contributed by atoms with Crippen molar-refractivity contribution in [1.82, 2.24) is 9.88 Å². The van der Waals surface area contributed by atoms with E-state index < -0.39 is 0 Å². The highest BCUT2D eigenvalue weighted by molar-refractivity contribution is 5.16. The van der Waals surface area contributed by atoms with Crippen molar-refractivity contribution >= 4 is 0 Å². The number of aromatic nitrogens is 1. The van der Waals surface area contributed by atoms with E-state index in [1.165, 1.54) is 24.9 Å². The van der Waals surface area contributed by atoms with Gasteiger partial charge >= 0.3 is 0 Å². The predicted octanol–water partition coefficient (Wildman–Crippen LogP) is 3.12. The zero-order chi connectivity index (χ0) is 11.5. The van der Waals surface area contributed by atoms with Gasteiger partial charge in [0.15, 0.2) is 0 Å². The number of rotatable bonds is 3. The molecule has 1 aromatic rings. The van der Waals surface area contributed by atoms with E-state index in [2.05, 4.69) is 36.8 Å². The van der Waals surface area contributed by atoms with Gasteiger partial charge in [0.2, 0.25) is 0 Å². The summed E-state index contributed by atoms with van der Waals surface area (Å²) in [6.07, 6.45) is 6.54. The van der Waals surface area contributed by atoms with Gasteiger partial charge in [-0.3, -0.25) is 9.88 Å². The van der Waals surface area contributed by atoms with Crippen molar-refractivity contribution in [3.63, 3.8) is 0 Å². The lowest BCUT2D eigenvalue weighted by atomic mass is 9.87. The van der Waals surface area contributed by atoms with E-state index in [1.807, 2.05) is 18.5 Å². The fourth-order valence-corrected chi connectivity index (χ4v) is 2.96. The smallest absolute Gasteiger partial charge is 0.0389 e. The van der Waals surface area contributed by atoms with Crippen LogP contribution in [0.3, 0.4) is 0 Å². The SMILES string of the molecule is CC(C)C[C@@H]1CCN(C)[C@H]1c1cccnc1. The molecule has 1 aliphatic rings. The van der Waals surface area contributed by atoms with E-state index in [9.17, 15) is 0 Å². The lowest BCUT2D eigenvalue weighted by Crippen LogP contribution is -2.22. The van der Waals surface area contributed by atoms with Gasteiger partial charge in [0.1, 0.15) is 0 Å². The minimum Gasteiger partial charge on any atom is -0.299 e. The maximum Gasteiger partial charge on any atom is 0.0389 e. The van der Waals surface area contributed by atoms with Gasteiger partial charge in [-0.25, -0.2) is 0 Å². The van der Waals surface area contributed by atoms with Crippen LogP contribution in [0.4, 0.5) is 0 Å². The van der Waals surface area contributed by atoms with Gasteiger partial charge in [-0.2, -0.15) is 0 Å². The van der Waals surface area contributed by atoms with Crippen LogP contribution in [-0.2, 0) is 0 Å². The van der Waals surface area contributed by atoms with E-state index in [0.717, 1.165) is 11.8 Å². The average molecular weight is 218 g/mol. The molecule has 2 nitrogen and oxygen atoms in total. The van der Waals surface area contributed by atoms with Crippen molar-refractivity contribution in [2.24, 2.45) is 11.8 Å². The second-order valence-corrected chi connectivity index (χ2v) is 5.39. The van der Waals surface area contributed by atoms with Crippen LogP contribution >= 0.6 is 0 Å². The molecular weight excluding hydrogens is 196 g/mol. The molecule has 0 amide bonds. The van der Waals surface area contributed by atoms with Gasteiger partial charge in [0, 0.05) is 18.4 Å². The molecule has 2 rings (SSSR count). The third kappa shape index (κ3) is 2.43. The molecule has 1 aliphatic heterocycles. The van der Waals surface area contributed by atoms with Crippen LogP contribution in [0.15, 0.2) is 24.5 Å². The van der Waals surface area contributed by atoms with Gasteiger partial charge in [0.05, 0.1) is 0 Å². The number of nitrogens with zero attached hydrogens (tertiary/aromatic N) is 2. The van der Waals surface area contributed by atoms with Gasteiger partial charge < -0.3 is 0 Å². The second-order valence-electron chi connectivity index (χ2n) is 5.39. The Morgan fingerprint density at radius 3 is 2.94 bits per heavy atom. The van der Waals surface area contributed by atoms with Crippen molar-refractivity contribution in [1.29, 1.82) is 0 Å². The standard InChI is InChI=1S/C14H22N2/c1-11(2)9-12-6-8-16(3)14(12)13-5-4-7-15-10-13/h4-5,7,10-12,14H,6,8-9H2,1-3H3/t12-,14+/m0/s1. The molecule has 1 fully saturated rings. The molecule has 0 bridgehead atoms. The fourth-order valence-electron chi connectivity index (χ4n) is 2.96. The highest BCUT2D eigenvalue weighted by atomic mass is 15.2. The fraction of sp³-hybridized carbons (Fsp3) is 0.643. The monoisotopic (exact) mass is 218 g/mol. The Labute approximate surface area is 98.7 Å². The predicted molar refractivity (Wildman–Crippen MR) is 67.2 cm³/mol. The maximum atomic E-state index is 4.25. The summed E-state index contributed by atoms with van der Waals surface area (Å²) in [4.78, 5) is 6.73. The third-order valence-corrected chi connectivity index (χ3v) is 3.57. The van der Waals surface area contributed by atoms with Crippen LogP contribution in [-0.4, -0.2) is 23.5 Å². The molecule has 0 spiro atoms. The van der Waals surface area contributed by atoms with Gasteiger partial charge in [0.25, 0.3) is 0 Å².